The lowest BCUT2D eigenvalue weighted by atomic mass is 10.3. The van der Waals surface area contributed by atoms with Gasteiger partial charge in [0.15, 0.2) is 0 Å². The predicted molar refractivity (Wildman–Crippen MR) is 67.5 cm³/mol. The molecule has 16 heavy (non-hydrogen) atoms. The van der Waals surface area contributed by atoms with Crippen LogP contribution < -0.4 is 0 Å². The molecule has 0 radical (unpaired) electrons. The van der Waals surface area contributed by atoms with Crippen molar-refractivity contribution in [3.05, 3.63) is 23.6 Å². The Morgan fingerprint density at radius 2 is 2.06 bits per heavy atom. The smallest absolute Gasteiger partial charge is 0.212 e. The topological polar surface area (TPSA) is 62.0 Å². The molecule has 0 aromatic carbocycles. The fourth-order valence-electron chi connectivity index (χ4n) is 0.645. The van der Waals surface area contributed by atoms with Crippen molar-refractivity contribution < 1.29 is 14.9 Å². The Balaban J connectivity index is 0. The molecule has 0 saturated heterocycles. The van der Waals surface area contributed by atoms with Gasteiger partial charge in [0.2, 0.25) is 5.88 Å². The third-order valence-electron chi connectivity index (χ3n) is 1.60. The minimum absolute atomic E-state index is 0.0122. The molecule has 0 aliphatic carbocycles. The minimum atomic E-state index is -0.883. The molecule has 0 aromatic rings. The molecule has 0 spiro atoms. The summed E-state index contributed by atoms with van der Waals surface area (Å²) < 4.78 is 5.10. The van der Waals surface area contributed by atoms with E-state index in [-0.39, 0.29) is 13.2 Å². The number of rotatable bonds is 6. The third kappa shape index (κ3) is 9.43. The van der Waals surface area contributed by atoms with Crippen LogP contribution in [0.4, 0.5) is 0 Å². The maximum atomic E-state index is 9.01. The summed E-state index contributed by atoms with van der Waals surface area (Å²) in [6.07, 6.45) is 2.72. The molecular weight excluding hydrogens is 206 g/mol. The second kappa shape index (κ2) is 11.9. The molecule has 0 saturated carbocycles. The molecule has 0 fully saturated rings. The van der Waals surface area contributed by atoms with Crippen molar-refractivity contribution in [3.63, 3.8) is 0 Å². The van der Waals surface area contributed by atoms with Gasteiger partial charge in [0, 0.05) is 6.08 Å². The van der Waals surface area contributed by atoms with Crippen LogP contribution in [0.3, 0.4) is 0 Å². The van der Waals surface area contributed by atoms with Gasteiger partial charge in [0.1, 0.15) is 12.7 Å². The van der Waals surface area contributed by atoms with Crippen molar-refractivity contribution in [1.82, 2.24) is 0 Å². The Kier molecular flexibility index (Phi) is 12.9. The first kappa shape index (κ1) is 17.3. The lowest BCUT2D eigenvalue weighted by Gasteiger charge is -2.09. The van der Waals surface area contributed by atoms with Crippen LogP contribution >= 0.6 is 0 Å². The highest BCUT2D eigenvalue weighted by molar-refractivity contribution is 5.29. The van der Waals surface area contributed by atoms with Crippen LogP contribution in [-0.2, 0) is 4.74 Å². The second-order valence-electron chi connectivity index (χ2n) is 2.82. The van der Waals surface area contributed by atoms with Crippen LogP contribution in [0.25, 0.3) is 0 Å². The van der Waals surface area contributed by atoms with E-state index in [4.69, 9.17) is 14.9 Å². The molecule has 0 aliphatic heterocycles. The molecule has 0 rings (SSSR count). The number of hydrogen-bond acceptors (Lipinski definition) is 4. The monoisotopic (exact) mass is 229 g/mol. The van der Waals surface area contributed by atoms with E-state index in [9.17, 15) is 0 Å². The lowest BCUT2D eigenvalue weighted by Crippen LogP contribution is -2.18. The first-order chi connectivity index (χ1) is 7.63. The molecular formula is C12H23NO3. The molecule has 1 atom stereocenters. The van der Waals surface area contributed by atoms with Gasteiger partial charge in [-0.25, -0.2) is 4.99 Å². The molecule has 4 nitrogen and oxygen atoms in total. The van der Waals surface area contributed by atoms with Gasteiger partial charge in [-0.05, 0) is 20.6 Å². The molecule has 0 bridgehead atoms. The SMILES string of the molecule is C=N/C(=C\C(C)=C/C)OCC(O)CO.CC. The number of aliphatic hydroxyl groups excluding tert-OH is 2. The number of allylic oxidation sites excluding steroid dienone is 3. The van der Waals surface area contributed by atoms with Crippen molar-refractivity contribution in [1.29, 1.82) is 0 Å². The highest BCUT2D eigenvalue weighted by atomic mass is 16.5. The Hall–Kier alpha value is -1.13. The number of nitrogens with zero attached hydrogens (tertiary/aromatic N) is 1. The average Bonchev–Trinajstić information content (AvgIpc) is 2.35. The summed E-state index contributed by atoms with van der Waals surface area (Å²) in [5, 5.41) is 17.6. The number of aliphatic hydroxyl groups is 2. The van der Waals surface area contributed by atoms with Crippen molar-refractivity contribution >= 4 is 6.72 Å². The van der Waals surface area contributed by atoms with Crippen molar-refractivity contribution in [2.45, 2.75) is 33.8 Å². The Labute approximate surface area is 98.0 Å². The van der Waals surface area contributed by atoms with Gasteiger partial charge in [-0.1, -0.05) is 25.5 Å². The molecule has 0 amide bonds. The number of aliphatic imine (C=N–C) groups is 1. The predicted octanol–water partition coefficient (Wildman–Crippen LogP) is 1.89. The van der Waals surface area contributed by atoms with Gasteiger partial charge >= 0.3 is 0 Å². The van der Waals surface area contributed by atoms with Gasteiger partial charge < -0.3 is 14.9 Å². The fraction of sp³-hybridized carbons (Fsp3) is 0.583. The highest BCUT2D eigenvalue weighted by Crippen LogP contribution is 2.05. The summed E-state index contributed by atoms with van der Waals surface area (Å²) in [5.41, 5.74) is 0.992. The molecule has 0 aromatic heterocycles. The van der Waals surface area contributed by atoms with Crippen molar-refractivity contribution in [3.8, 4) is 0 Å². The maximum Gasteiger partial charge on any atom is 0.212 e. The zero-order valence-electron chi connectivity index (χ0n) is 10.6. The van der Waals surface area contributed by atoms with E-state index in [1.807, 2.05) is 33.8 Å². The first-order valence-corrected chi connectivity index (χ1v) is 5.37. The van der Waals surface area contributed by atoms with Crippen molar-refractivity contribution in [2.24, 2.45) is 4.99 Å². The molecule has 0 aliphatic rings. The molecule has 2 N–H and O–H groups in total. The van der Waals surface area contributed by atoms with Crippen LogP contribution in [0.15, 0.2) is 28.6 Å². The summed E-state index contributed by atoms with van der Waals surface area (Å²) in [4.78, 5) is 3.64. The molecule has 0 heterocycles. The van der Waals surface area contributed by atoms with Crippen LogP contribution in [0, 0.1) is 0 Å². The van der Waals surface area contributed by atoms with Crippen molar-refractivity contribution in [2.75, 3.05) is 13.2 Å². The van der Waals surface area contributed by atoms with E-state index in [1.54, 1.807) is 6.08 Å². The highest BCUT2D eigenvalue weighted by Gasteiger charge is 2.03. The van der Waals surface area contributed by atoms with Gasteiger partial charge in [-0.3, -0.25) is 0 Å². The summed E-state index contributed by atoms with van der Waals surface area (Å²) in [5.74, 6) is 0.341. The zero-order valence-corrected chi connectivity index (χ0v) is 10.6. The van der Waals surface area contributed by atoms with E-state index >= 15 is 0 Å². The average molecular weight is 229 g/mol. The Bertz CT molecular complexity index is 234. The van der Waals surface area contributed by atoms with E-state index in [0.717, 1.165) is 5.57 Å². The second-order valence-corrected chi connectivity index (χ2v) is 2.82. The summed E-state index contributed by atoms with van der Waals surface area (Å²) in [7, 11) is 0. The number of ether oxygens (including phenoxy) is 1. The largest absolute Gasteiger partial charge is 0.475 e. The fourth-order valence-corrected chi connectivity index (χ4v) is 0.645. The lowest BCUT2D eigenvalue weighted by molar-refractivity contribution is 0.0299. The van der Waals surface area contributed by atoms with Gasteiger partial charge in [0.25, 0.3) is 0 Å². The molecule has 1 unspecified atom stereocenters. The Morgan fingerprint density at radius 3 is 2.44 bits per heavy atom. The minimum Gasteiger partial charge on any atom is -0.475 e. The Morgan fingerprint density at radius 1 is 1.50 bits per heavy atom. The standard InChI is InChI=1S/C10H17NO3.C2H6/c1-4-8(2)5-10(11-3)14-7-9(13)6-12;1-2/h4-5,9,12-13H,3,6-7H2,1-2H3;1-2H3/b8-4-,10-5+;. The van der Waals surface area contributed by atoms with Crippen LogP contribution in [0.5, 0.6) is 0 Å². The molecule has 4 heteroatoms. The quantitative estimate of drug-likeness (QED) is 0.415. The van der Waals surface area contributed by atoms with Crippen LogP contribution in [-0.4, -0.2) is 36.2 Å². The first-order valence-electron chi connectivity index (χ1n) is 5.37. The van der Waals surface area contributed by atoms with Gasteiger partial charge in [-0.2, -0.15) is 0 Å². The van der Waals surface area contributed by atoms with E-state index in [0.29, 0.717) is 5.88 Å². The van der Waals surface area contributed by atoms with Gasteiger partial charge in [0.05, 0.1) is 6.61 Å². The normalized spacial score (nSPS) is 13.6. The van der Waals surface area contributed by atoms with Crippen LogP contribution in [0.2, 0.25) is 0 Å². The summed E-state index contributed by atoms with van der Waals surface area (Å²) in [6.45, 7) is 10.8. The summed E-state index contributed by atoms with van der Waals surface area (Å²) >= 11 is 0. The maximum absolute atomic E-state index is 9.01. The molecule has 94 valence electrons. The van der Waals surface area contributed by atoms with E-state index in [1.165, 1.54) is 0 Å². The van der Waals surface area contributed by atoms with Crippen LogP contribution in [0.1, 0.15) is 27.7 Å². The third-order valence-corrected chi connectivity index (χ3v) is 1.60. The summed E-state index contributed by atoms with van der Waals surface area (Å²) in [6, 6.07) is 0. The van der Waals surface area contributed by atoms with E-state index < -0.39 is 6.10 Å². The van der Waals surface area contributed by atoms with Gasteiger partial charge in [-0.15, -0.1) is 0 Å². The zero-order chi connectivity index (χ0) is 13.0. The number of hydrogen-bond donors (Lipinski definition) is 2. The van der Waals surface area contributed by atoms with E-state index in [2.05, 4.69) is 11.7 Å².